The van der Waals surface area contributed by atoms with Crippen molar-refractivity contribution in [2.45, 2.75) is 124 Å². The molecule has 0 aromatic carbocycles. The van der Waals surface area contributed by atoms with Crippen LogP contribution in [0.25, 0.3) is 0 Å². The molecule has 0 aromatic heterocycles. The van der Waals surface area contributed by atoms with E-state index < -0.39 is 243 Å². The van der Waals surface area contributed by atoms with E-state index in [-0.39, 0.29) is 67.1 Å². The minimum Gasteiger partial charge on any atom is -0.542 e. The topological polar surface area (TPSA) is 754 Å². The summed E-state index contributed by atoms with van der Waals surface area (Å²) in [4.78, 5) is 178. The molecule has 0 unspecified atom stereocenters. The molecule has 0 aliphatic heterocycles. The van der Waals surface area contributed by atoms with E-state index in [0.717, 1.165) is 0 Å². The standard InChI is InChI=1S/20C2HF3O2.3Ag/c20*3-2(4,5)1(6)7;;;/h20*(H,6,7);;;/q;;;;;;;;;;;;;;;;;;;;3*+1/p-3. The fraction of sp³-hybridized carbons (Fsp3) is 0.500. The third-order valence-corrected chi connectivity index (χ3v) is 4.82. The molecule has 0 aliphatic carbocycles. The monoisotopic (exact) mass is 2600 g/mol. The molecule has 0 radical (unpaired) electrons. The Morgan fingerprint density at radius 1 is 0.0979 bits per heavy atom. The van der Waals surface area contributed by atoms with Gasteiger partial charge in [0.05, 0.1) is 0 Å². The Kier molecular flexibility index (Phi) is 101. The zero-order chi connectivity index (χ0) is 122. The molecule has 0 heterocycles. The van der Waals surface area contributed by atoms with Crippen molar-refractivity contribution in [3.8, 4) is 0 Å². The second-order valence-electron chi connectivity index (χ2n) is 16.0. The van der Waals surface area contributed by atoms with Gasteiger partial charge in [-0.1, -0.05) is 0 Å². The van der Waals surface area contributed by atoms with Crippen LogP contribution in [0.5, 0.6) is 0 Å². The summed E-state index contributed by atoms with van der Waals surface area (Å²) in [6, 6.07) is 0. The van der Waals surface area contributed by atoms with Crippen LogP contribution in [0.1, 0.15) is 0 Å². The number of alkyl halides is 60. The van der Waals surface area contributed by atoms with E-state index in [4.69, 9.17) is 198 Å². The Hall–Kier alpha value is -12.6. The zero-order valence-electron chi connectivity index (χ0n) is 60.6. The number of rotatable bonds is 0. The van der Waals surface area contributed by atoms with Crippen LogP contribution in [0, 0.1) is 0 Å². The Bertz CT molecular complexity index is 2730. The summed E-state index contributed by atoms with van der Waals surface area (Å²) < 4.78 is 634. The molecule has 0 saturated heterocycles. The maximum atomic E-state index is 10.6. The number of aliphatic carboxylic acids is 20. The number of carbonyl (C=O) groups is 20. The molecule has 0 amide bonds. The van der Waals surface area contributed by atoms with Crippen LogP contribution in [-0.2, 0) is 163 Å². The van der Waals surface area contributed by atoms with Gasteiger partial charge in [-0.2, -0.15) is 263 Å². The quantitative estimate of drug-likeness (QED) is 0.0796. The van der Waals surface area contributed by atoms with Crippen molar-refractivity contribution in [1.82, 2.24) is 0 Å². The molecule has 0 aromatic rings. The molecule has 0 fully saturated rings. The second-order valence-corrected chi connectivity index (χ2v) is 16.0. The van der Waals surface area contributed by atoms with E-state index in [1.165, 1.54) is 0 Å². The Labute approximate surface area is 770 Å². The third-order valence-electron chi connectivity index (χ3n) is 4.82. The van der Waals surface area contributed by atoms with Gasteiger partial charge in [-0.05, 0) is 0 Å². The minimum absolute atomic E-state index is 0. The fourth-order valence-corrected chi connectivity index (χ4v) is 0. The van der Waals surface area contributed by atoms with Gasteiger partial charge in [0.25, 0.3) is 0 Å². The molecular formula is C40H17Ag3F60O40. The zero-order valence-corrected chi connectivity index (χ0v) is 65.0. The van der Waals surface area contributed by atoms with Crippen molar-refractivity contribution in [2.24, 2.45) is 0 Å². The summed E-state index contributed by atoms with van der Waals surface area (Å²) in [7, 11) is 0. The van der Waals surface area contributed by atoms with E-state index in [1.807, 2.05) is 0 Å². The van der Waals surface area contributed by atoms with Crippen LogP contribution in [0.4, 0.5) is 263 Å². The summed E-state index contributed by atoms with van der Waals surface area (Å²) >= 11 is 0. The maximum absolute atomic E-state index is 10.6. The van der Waals surface area contributed by atoms with E-state index in [9.17, 15) is 263 Å². The number of carboxylic acid groups (broad SMARTS) is 20. The molecular weight excluding hydrogens is 2580 g/mol. The van der Waals surface area contributed by atoms with Crippen LogP contribution in [-0.4, -0.2) is 330 Å². The number of hydrogen-bond donors (Lipinski definition) is 17. The van der Waals surface area contributed by atoms with E-state index >= 15 is 0 Å². The van der Waals surface area contributed by atoms with Crippen molar-refractivity contribution in [3.05, 3.63) is 0 Å². The van der Waals surface area contributed by atoms with Gasteiger partial charge in [0.15, 0.2) is 0 Å². The first-order valence-electron chi connectivity index (χ1n) is 24.8. The summed E-state index contributed by atoms with van der Waals surface area (Å²) in [6.45, 7) is 0. The average molecular weight is 2600 g/mol. The summed E-state index contributed by atoms with van der Waals surface area (Å²) in [6.07, 6.45) is -102. The normalized spacial score (nSPS) is 11.0. The molecule has 0 saturated carbocycles. The molecule has 0 spiro atoms. The Balaban J connectivity index is -0.0000000504. The second kappa shape index (κ2) is 76.1. The van der Waals surface area contributed by atoms with Crippen LogP contribution in [0.15, 0.2) is 0 Å². The van der Waals surface area contributed by atoms with Crippen LogP contribution in [0.2, 0.25) is 0 Å². The first-order chi connectivity index (χ1) is 58.9. The molecule has 17 N–H and O–H groups in total. The Morgan fingerprint density at radius 3 is 0.112 bits per heavy atom. The van der Waals surface area contributed by atoms with Crippen molar-refractivity contribution in [1.29, 1.82) is 0 Å². The molecule has 103 heteroatoms. The van der Waals surface area contributed by atoms with E-state index in [2.05, 4.69) is 0 Å². The van der Waals surface area contributed by atoms with Crippen molar-refractivity contribution in [3.63, 3.8) is 0 Å². The molecule has 0 bridgehead atoms. The predicted molar refractivity (Wildman–Crippen MR) is 266 cm³/mol. The first kappa shape index (κ1) is 189. The molecule has 870 valence electrons. The molecule has 0 aliphatic rings. The number of hydrogen-bond acceptors (Lipinski definition) is 23. The minimum atomic E-state index is -5.19. The van der Waals surface area contributed by atoms with Crippen LogP contribution < -0.4 is 15.3 Å². The van der Waals surface area contributed by atoms with Gasteiger partial charge in [-0.3, -0.25) is 0 Å². The van der Waals surface area contributed by atoms with Crippen LogP contribution in [0.3, 0.4) is 0 Å². The van der Waals surface area contributed by atoms with E-state index in [0.29, 0.717) is 0 Å². The van der Waals surface area contributed by atoms with Gasteiger partial charge in [-0.25, -0.2) is 81.5 Å². The predicted octanol–water partition coefficient (Wildman–Crippen LogP) is 8.65. The first-order valence-corrected chi connectivity index (χ1v) is 24.8. The van der Waals surface area contributed by atoms with Crippen molar-refractivity contribution in [2.75, 3.05) is 0 Å². The van der Waals surface area contributed by atoms with Crippen LogP contribution >= 0.6 is 0 Å². The van der Waals surface area contributed by atoms with Gasteiger partial charge < -0.3 is 117 Å². The van der Waals surface area contributed by atoms with Gasteiger partial charge in [0, 0.05) is 0 Å². The molecule has 0 rings (SSSR count). The Morgan fingerprint density at radius 2 is 0.112 bits per heavy atom. The number of halogens is 60. The SMILES string of the molecule is O=C(O)C(F)(F)F.O=C(O)C(F)(F)F.O=C(O)C(F)(F)F.O=C(O)C(F)(F)F.O=C(O)C(F)(F)F.O=C(O)C(F)(F)F.O=C(O)C(F)(F)F.O=C(O)C(F)(F)F.O=C(O)C(F)(F)F.O=C(O)C(F)(F)F.O=C(O)C(F)(F)F.O=C(O)C(F)(F)F.O=C(O)C(F)(F)F.O=C(O)C(F)(F)F.O=C(O)C(F)(F)F.O=C(O)C(F)(F)F.O=C(O)C(F)(F)F.O=C([O-])C(F)(F)F.O=C([O-])C(F)(F)F.O=C([O-])C(F)(F)F.[Ag+].[Ag+].[Ag+]. The van der Waals surface area contributed by atoms with Crippen molar-refractivity contribution < 1.29 is 529 Å². The molecule has 0 atom stereocenters. The van der Waals surface area contributed by atoms with Crippen molar-refractivity contribution >= 4 is 119 Å². The van der Waals surface area contributed by atoms with E-state index in [1.54, 1.807) is 0 Å². The smallest absolute Gasteiger partial charge is 0.542 e. The fourth-order valence-electron chi connectivity index (χ4n) is 0. The van der Waals surface area contributed by atoms with Gasteiger partial charge in [-0.15, -0.1) is 0 Å². The number of carboxylic acids is 20. The summed E-state index contributed by atoms with van der Waals surface area (Å²) in [5, 5.41) is 147. The molecule has 40 nitrogen and oxygen atoms in total. The summed E-state index contributed by atoms with van der Waals surface area (Å²) in [5.41, 5.74) is 0. The number of carbonyl (C=O) groups excluding carboxylic acids is 3. The summed E-state index contributed by atoms with van der Waals surface area (Å²) in [5.74, 6) is -55.9. The molecule has 143 heavy (non-hydrogen) atoms. The average Bonchev–Trinajstić information content (AvgIpc) is 1.20. The van der Waals surface area contributed by atoms with Gasteiger partial charge in [0.1, 0.15) is 17.9 Å². The largest absolute Gasteiger partial charge is 1.00 e. The van der Waals surface area contributed by atoms with Gasteiger partial charge >= 0.3 is 292 Å². The maximum Gasteiger partial charge on any atom is 1.00 e. The van der Waals surface area contributed by atoms with Gasteiger partial charge in [0.2, 0.25) is 0 Å². The third kappa shape index (κ3) is 182.